The van der Waals surface area contributed by atoms with Crippen LogP contribution in [-0.4, -0.2) is 54.6 Å². The van der Waals surface area contributed by atoms with Gasteiger partial charge in [-0.1, -0.05) is 96.6 Å². The van der Waals surface area contributed by atoms with Gasteiger partial charge in [0.25, 0.3) is 0 Å². The minimum Gasteiger partial charge on any atom is -0.311 e. The predicted molar refractivity (Wildman–Crippen MR) is 164 cm³/mol. The van der Waals surface area contributed by atoms with Gasteiger partial charge in [0.15, 0.2) is 0 Å². The average molecular weight is 510 g/mol. The first-order valence-electron chi connectivity index (χ1n) is 14.6. The zero-order chi connectivity index (χ0) is 26.7. The third kappa shape index (κ3) is 8.14. The van der Waals surface area contributed by atoms with E-state index in [9.17, 15) is 0 Å². The molecule has 0 saturated carbocycles. The lowest BCUT2D eigenvalue weighted by molar-refractivity contribution is 0.176. The van der Waals surface area contributed by atoms with Crippen molar-refractivity contribution in [2.24, 2.45) is 0 Å². The van der Waals surface area contributed by atoms with E-state index in [1.54, 1.807) is 5.57 Å². The number of nitrogens with one attached hydrogen (secondary N) is 1. The molecule has 38 heavy (non-hydrogen) atoms. The lowest BCUT2D eigenvalue weighted by Crippen LogP contribution is -2.41. The minimum absolute atomic E-state index is 0.414. The van der Waals surface area contributed by atoms with Gasteiger partial charge in [-0.3, -0.25) is 4.90 Å². The molecule has 0 aromatic heterocycles. The fourth-order valence-electron chi connectivity index (χ4n) is 5.80. The molecule has 1 N–H and O–H groups in total. The van der Waals surface area contributed by atoms with Gasteiger partial charge in [0, 0.05) is 57.3 Å². The van der Waals surface area contributed by atoms with E-state index in [4.69, 9.17) is 0 Å². The number of likely N-dealkylation sites (tertiary alicyclic amines) is 1. The Morgan fingerprint density at radius 2 is 1.32 bits per heavy atom. The van der Waals surface area contributed by atoms with Crippen LogP contribution in [0.3, 0.4) is 0 Å². The standard InChI is InChI=1S/C35H47N3/c1-28(2)38(29(3)4)24-21-36-26-34-18-12-11-17-33(34)25-30-19-22-37(23-20-30)27-35(31-13-7-5-8-14-31)32-15-9-6-10-16-32/h5-18,25,28-29,35-36H,19-24,26-27H2,1-4H3. The summed E-state index contributed by atoms with van der Waals surface area (Å²) in [7, 11) is 0. The minimum atomic E-state index is 0.414. The third-order valence-corrected chi connectivity index (χ3v) is 7.95. The van der Waals surface area contributed by atoms with E-state index >= 15 is 0 Å². The molecule has 0 radical (unpaired) electrons. The van der Waals surface area contributed by atoms with Crippen molar-refractivity contribution in [1.82, 2.24) is 15.1 Å². The highest BCUT2D eigenvalue weighted by atomic mass is 15.2. The van der Waals surface area contributed by atoms with E-state index in [2.05, 4.69) is 134 Å². The van der Waals surface area contributed by atoms with Crippen LogP contribution < -0.4 is 5.32 Å². The quantitative estimate of drug-likeness (QED) is 0.260. The first-order chi connectivity index (χ1) is 18.5. The normalized spacial score (nSPS) is 14.7. The van der Waals surface area contributed by atoms with Crippen LogP contribution in [0.25, 0.3) is 6.08 Å². The van der Waals surface area contributed by atoms with Gasteiger partial charge in [-0.05, 0) is 62.8 Å². The number of piperidine rings is 1. The summed E-state index contributed by atoms with van der Waals surface area (Å²) in [5.41, 5.74) is 7.17. The highest BCUT2D eigenvalue weighted by Crippen LogP contribution is 2.28. The van der Waals surface area contributed by atoms with Gasteiger partial charge in [-0.25, -0.2) is 0 Å². The molecule has 0 amide bonds. The molecular weight excluding hydrogens is 462 g/mol. The highest BCUT2D eigenvalue weighted by molar-refractivity contribution is 5.57. The number of nitrogens with zero attached hydrogens (tertiary/aromatic N) is 2. The van der Waals surface area contributed by atoms with Crippen LogP contribution in [0.15, 0.2) is 90.5 Å². The van der Waals surface area contributed by atoms with Gasteiger partial charge in [0.1, 0.15) is 0 Å². The summed E-state index contributed by atoms with van der Waals surface area (Å²) in [5, 5.41) is 3.70. The molecule has 3 aromatic carbocycles. The molecule has 1 aliphatic rings. The van der Waals surface area contributed by atoms with Crippen LogP contribution in [0.5, 0.6) is 0 Å². The van der Waals surface area contributed by atoms with Crippen molar-refractivity contribution >= 4 is 6.08 Å². The van der Waals surface area contributed by atoms with E-state index in [0.29, 0.717) is 18.0 Å². The van der Waals surface area contributed by atoms with Crippen LogP contribution in [0.2, 0.25) is 0 Å². The van der Waals surface area contributed by atoms with Crippen LogP contribution in [0.1, 0.15) is 68.7 Å². The first-order valence-corrected chi connectivity index (χ1v) is 14.6. The fourth-order valence-corrected chi connectivity index (χ4v) is 5.80. The molecule has 3 heteroatoms. The second-order valence-electron chi connectivity index (χ2n) is 11.3. The molecule has 1 fully saturated rings. The number of rotatable bonds is 12. The Labute approximate surface area is 231 Å². The van der Waals surface area contributed by atoms with Crippen LogP contribution >= 0.6 is 0 Å². The molecule has 3 nitrogen and oxygen atoms in total. The summed E-state index contributed by atoms with van der Waals surface area (Å²) in [6.45, 7) is 15.5. The van der Waals surface area contributed by atoms with E-state index < -0.39 is 0 Å². The van der Waals surface area contributed by atoms with Gasteiger partial charge < -0.3 is 10.2 Å². The topological polar surface area (TPSA) is 18.5 Å². The van der Waals surface area contributed by atoms with E-state index in [1.807, 2.05) is 0 Å². The molecule has 202 valence electrons. The van der Waals surface area contributed by atoms with Crippen LogP contribution in [-0.2, 0) is 6.54 Å². The Hall–Kier alpha value is -2.72. The summed E-state index contributed by atoms with van der Waals surface area (Å²) in [5.74, 6) is 0.414. The molecule has 0 bridgehead atoms. The Morgan fingerprint density at radius 1 is 0.763 bits per heavy atom. The third-order valence-electron chi connectivity index (χ3n) is 7.95. The largest absolute Gasteiger partial charge is 0.311 e. The smallest absolute Gasteiger partial charge is 0.0217 e. The molecule has 1 saturated heterocycles. The molecule has 3 aromatic rings. The van der Waals surface area contributed by atoms with Crippen molar-refractivity contribution in [3.8, 4) is 0 Å². The summed E-state index contributed by atoms with van der Waals surface area (Å²) >= 11 is 0. The number of hydrogen-bond donors (Lipinski definition) is 1. The van der Waals surface area contributed by atoms with Crippen molar-refractivity contribution in [2.45, 2.75) is 65.1 Å². The highest BCUT2D eigenvalue weighted by Gasteiger charge is 2.21. The molecule has 1 aliphatic heterocycles. The monoisotopic (exact) mass is 509 g/mol. The Balaban J connectivity index is 1.34. The fraction of sp³-hybridized carbons (Fsp3) is 0.429. The van der Waals surface area contributed by atoms with Crippen molar-refractivity contribution in [3.05, 3.63) is 113 Å². The molecule has 0 aliphatic carbocycles. The lowest BCUT2D eigenvalue weighted by Gasteiger charge is -2.32. The zero-order valence-electron chi connectivity index (χ0n) is 23.9. The van der Waals surface area contributed by atoms with Gasteiger partial charge in [0.05, 0.1) is 0 Å². The van der Waals surface area contributed by atoms with Gasteiger partial charge in [0.2, 0.25) is 0 Å². The Morgan fingerprint density at radius 3 is 1.89 bits per heavy atom. The Bertz CT molecular complexity index is 1060. The molecular formula is C35H47N3. The maximum Gasteiger partial charge on any atom is 0.0217 e. The number of hydrogen-bond acceptors (Lipinski definition) is 3. The molecule has 0 unspecified atom stereocenters. The second-order valence-corrected chi connectivity index (χ2v) is 11.3. The molecule has 4 rings (SSSR count). The van der Waals surface area contributed by atoms with E-state index in [-0.39, 0.29) is 0 Å². The van der Waals surface area contributed by atoms with Crippen molar-refractivity contribution < 1.29 is 0 Å². The van der Waals surface area contributed by atoms with Gasteiger partial charge in [-0.15, -0.1) is 0 Å². The van der Waals surface area contributed by atoms with Crippen molar-refractivity contribution in [1.29, 1.82) is 0 Å². The van der Waals surface area contributed by atoms with Gasteiger partial charge >= 0.3 is 0 Å². The van der Waals surface area contributed by atoms with Crippen molar-refractivity contribution in [2.75, 3.05) is 32.7 Å². The van der Waals surface area contributed by atoms with Gasteiger partial charge in [-0.2, -0.15) is 0 Å². The van der Waals surface area contributed by atoms with Crippen LogP contribution in [0, 0.1) is 0 Å². The van der Waals surface area contributed by atoms with Crippen LogP contribution in [0.4, 0.5) is 0 Å². The summed E-state index contributed by atoms with van der Waals surface area (Å²) in [4.78, 5) is 5.21. The average Bonchev–Trinajstić information content (AvgIpc) is 2.94. The first kappa shape index (κ1) is 28.3. The molecule has 0 atom stereocenters. The molecule has 1 heterocycles. The number of benzene rings is 3. The van der Waals surface area contributed by atoms with E-state index in [0.717, 1.165) is 52.1 Å². The van der Waals surface area contributed by atoms with E-state index in [1.165, 1.54) is 22.3 Å². The Kier molecular flexibility index (Phi) is 10.7. The second kappa shape index (κ2) is 14.4. The SMILES string of the molecule is CC(C)N(CCNCc1ccccc1C=C1CCN(CC(c2ccccc2)c2ccccc2)CC1)C(C)C. The summed E-state index contributed by atoms with van der Waals surface area (Å²) in [6, 6.07) is 32.1. The maximum atomic E-state index is 3.70. The zero-order valence-corrected chi connectivity index (χ0v) is 23.9. The summed E-state index contributed by atoms with van der Waals surface area (Å²) in [6.07, 6.45) is 4.76. The summed E-state index contributed by atoms with van der Waals surface area (Å²) < 4.78 is 0. The molecule has 0 spiro atoms. The lowest BCUT2D eigenvalue weighted by atomic mass is 9.90. The van der Waals surface area contributed by atoms with Crippen molar-refractivity contribution in [3.63, 3.8) is 0 Å². The maximum absolute atomic E-state index is 3.70. The predicted octanol–water partition coefficient (Wildman–Crippen LogP) is 7.21.